The van der Waals surface area contributed by atoms with E-state index < -0.39 is 0 Å². The van der Waals surface area contributed by atoms with E-state index in [9.17, 15) is 4.79 Å². The SMILES string of the molecule is O=C(c1cccc(-c2cnc3[nH]cc(-c4ccc5cn[nH]c5c4)c3c2)c1)N1CCOCC1. The van der Waals surface area contributed by atoms with Crippen molar-refractivity contribution in [1.29, 1.82) is 0 Å². The second-order valence-electron chi connectivity index (χ2n) is 7.98. The molecule has 1 saturated heterocycles. The van der Waals surface area contributed by atoms with Gasteiger partial charge in [-0.25, -0.2) is 4.98 Å². The number of aromatic nitrogens is 4. The first-order valence-electron chi connectivity index (χ1n) is 10.6. The molecule has 2 aromatic carbocycles. The maximum absolute atomic E-state index is 12.9. The normalized spacial score (nSPS) is 14.3. The maximum Gasteiger partial charge on any atom is 0.254 e. The van der Waals surface area contributed by atoms with Crippen molar-refractivity contribution in [2.45, 2.75) is 0 Å². The molecule has 32 heavy (non-hydrogen) atoms. The lowest BCUT2D eigenvalue weighted by molar-refractivity contribution is 0.0303. The Morgan fingerprint density at radius 1 is 0.969 bits per heavy atom. The van der Waals surface area contributed by atoms with Crippen molar-refractivity contribution >= 4 is 27.8 Å². The summed E-state index contributed by atoms with van der Waals surface area (Å²) >= 11 is 0. The van der Waals surface area contributed by atoms with Gasteiger partial charge in [0.15, 0.2) is 0 Å². The smallest absolute Gasteiger partial charge is 0.254 e. The van der Waals surface area contributed by atoms with Crippen molar-refractivity contribution in [2.24, 2.45) is 0 Å². The molecule has 0 atom stereocenters. The van der Waals surface area contributed by atoms with Crippen LogP contribution in [-0.2, 0) is 4.74 Å². The van der Waals surface area contributed by atoms with Crippen LogP contribution < -0.4 is 0 Å². The zero-order valence-corrected chi connectivity index (χ0v) is 17.3. The third kappa shape index (κ3) is 3.23. The van der Waals surface area contributed by atoms with Crippen molar-refractivity contribution in [3.63, 3.8) is 0 Å². The molecular formula is C25H21N5O2. The molecule has 7 heteroatoms. The predicted molar refractivity (Wildman–Crippen MR) is 123 cm³/mol. The Balaban J connectivity index is 1.38. The molecule has 0 bridgehead atoms. The highest BCUT2D eigenvalue weighted by atomic mass is 16.5. The summed E-state index contributed by atoms with van der Waals surface area (Å²) in [6.45, 7) is 2.44. The molecule has 1 aliphatic rings. The summed E-state index contributed by atoms with van der Waals surface area (Å²) in [5.74, 6) is 0.0411. The minimum atomic E-state index is 0.0411. The van der Waals surface area contributed by atoms with E-state index in [1.54, 1.807) is 0 Å². The summed E-state index contributed by atoms with van der Waals surface area (Å²) in [7, 11) is 0. The van der Waals surface area contributed by atoms with Gasteiger partial charge >= 0.3 is 0 Å². The van der Waals surface area contributed by atoms with Crippen molar-refractivity contribution in [3.8, 4) is 22.3 Å². The number of carbonyl (C=O) groups excluding carboxylic acids is 1. The highest BCUT2D eigenvalue weighted by Gasteiger charge is 2.19. The number of ether oxygens (including phenoxy) is 1. The molecule has 1 amide bonds. The molecule has 6 rings (SSSR count). The lowest BCUT2D eigenvalue weighted by Crippen LogP contribution is -2.40. The number of morpholine rings is 1. The van der Waals surface area contributed by atoms with Crippen LogP contribution in [0.3, 0.4) is 0 Å². The molecule has 1 fully saturated rings. The summed E-state index contributed by atoms with van der Waals surface area (Å²) in [5.41, 5.74) is 6.61. The molecule has 0 aliphatic carbocycles. The lowest BCUT2D eigenvalue weighted by Gasteiger charge is -2.27. The number of nitrogens with zero attached hydrogens (tertiary/aromatic N) is 3. The Bertz CT molecular complexity index is 1450. The van der Waals surface area contributed by atoms with Gasteiger partial charge in [0.1, 0.15) is 5.65 Å². The van der Waals surface area contributed by atoms with E-state index in [2.05, 4.69) is 44.4 Å². The Labute approximate surface area is 184 Å². The number of benzene rings is 2. The van der Waals surface area contributed by atoms with E-state index in [1.165, 1.54) is 0 Å². The molecule has 158 valence electrons. The fraction of sp³-hybridized carbons (Fsp3) is 0.160. The van der Waals surface area contributed by atoms with Crippen molar-refractivity contribution in [1.82, 2.24) is 25.1 Å². The Morgan fingerprint density at radius 2 is 1.88 bits per heavy atom. The number of nitrogens with one attached hydrogen (secondary N) is 2. The Morgan fingerprint density at radius 3 is 2.78 bits per heavy atom. The highest BCUT2D eigenvalue weighted by molar-refractivity contribution is 5.99. The van der Waals surface area contributed by atoms with Gasteiger partial charge in [-0.15, -0.1) is 0 Å². The average molecular weight is 423 g/mol. The first-order chi connectivity index (χ1) is 15.8. The number of hydrogen-bond acceptors (Lipinski definition) is 4. The second-order valence-corrected chi connectivity index (χ2v) is 7.98. The predicted octanol–water partition coefficient (Wildman–Crippen LogP) is 4.25. The van der Waals surface area contributed by atoms with Crippen LogP contribution in [0.4, 0.5) is 0 Å². The van der Waals surface area contributed by atoms with Gasteiger partial charge in [0.25, 0.3) is 5.91 Å². The summed E-state index contributed by atoms with van der Waals surface area (Å²) in [6.07, 6.45) is 5.65. The van der Waals surface area contributed by atoms with E-state index >= 15 is 0 Å². The molecule has 0 unspecified atom stereocenters. The molecule has 0 radical (unpaired) electrons. The topological polar surface area (TPSA) is 86.9 Å². The number of pyridine rings is 1. The second kappa shape index (κ2) is 7.62. The fourth-order valence-corrected chi connectivity index (χ4v) is 4.29. The van der Waals surface area contributed by atoms with Crippen LogP contribution in [0.25, 0.3) is 44.2 Å². The molecule has 7 nitrogen and oxygen atoms in total. The van der Waals surface area contributed by atoms with Crippen LogP contribution in [0.5, 0.6) is 0 Å². The first-order valence-corrected chi connectivity index (χ1v) is 10.6. The van der Waals surface area contributed by atoms with Gasteiger partial charge in [-0.1, -0.05) is 24.3 Å². The summed E-state index contributed by atoms with van der Waals surface area (Å²) in [5, 5.41) is 9.26. The number of hydrogen-bond donors (Lipinski definition) is 2. The summed E-state index contributed by atoms with van der Waals surface area (Å²) in [4.78, 5) is 22.7. The van der Waals surface area contributed by atoms with Gasteiger partial charge in [0.2, 0.25) is 0 Å². The largest absolute Gasteiger partial charge is 0.378 e. The van der Waals surface area contributed by atoms with Gasteiger partial charge in [0, 0.05) is 52.9 Å². The fourth-order valence-electron chi connectivity index (χ4n) is 4.29. The van der Waals surface area contributed by atoms with Gasteiger partial charge in [-0.2, -0.15) is 5.10 Å². The van der Waals surface area contributed by atoms with E-state index in [1.807, 2.05) is 47.8 Å². The van der Waals surface area contributed by atoms with Crippen LogP contribution in [0.1, 0.15) is 10.4 Å². The molecule has 0 spiro atoms. The zero-order chi connectivity index (χ0) is 21.5. The summed E-state index contributed by atoms with van der Waals surface area (Å²) in [6, 6.07) is 16.1. The van der Waals surface area contributed by atoms with Gasteiger partial charge in [-0.3, -0.25) is 9.89 Å². The van der Waals surface area contributed by atoms with Crippen molar-refractivity contribution < 1.29 is 9.53 Å². The van der Waals surface area contributed by atoms with E-state index in [0.717, 1.165) is 44.2 Å². The number of aromatic amines is 2. The van der Waals surface area contributed by atoms with Crippen LogP contribution in [0.15, 0.2) is 67.1 Å². The number of amides is 1. The monoisotopic (exact) mass is 423 g/mol. The Hall–Kier alpha value is -3.97. The molecule has 4 heterocycles. The zero-order valence-electron chi connectivity index (χ0n) is 17.3. The number of carbonyl (C=O) groups is 1. The van der Waals surface area contributed by atoms with Crippen LogP contribution in [-0.4, -0.2) is 57.3 Å². The van der Waals surface area contributed by atoms with E-state index in [4.69, 9.17) is 4.74 Å². The standard InChI is InChI=1S/C25H21N5O2/c31-25(30-6-8-32-9-7-30)18-3-1-2-16(10-18)20-11-21-22(15-27-24(21)26-13-20)17-4-5-19-14-28-29-23(19)12-17/h1-5,10-15H,6-9H2,(H,26,27)(H,28,29). The van der Waals surface area contributed by atoms with E-state index in [0.29, 0.717) is 31.9 Å². The van der Waals surface area contributed by atoms with Crippen LogP contribution in [0, 0.1) is 0 Å². The first kappa shape index (κ1) is 18.8. The van der Waals surface area contributed by atoms with Gasteiger partial charge in [-0.05, 0) is 35.4 Å². The molecular weight excluding hydrogens is 402 g/mol. The van der Waals surface area contributed by atoms with Crippen LogP contribution >= 0.6 is 0 Å². The molecule has 1 aliphatic heterocycles. The number of H-pyrrole nitrogens is 2. The van der Waals surface area contributed by atoms with Crippen molar-refractivity contribution in [2.75, 3.05) is 26.3 Å². The minimum absolute atomic E-state index is 0.0411. The average Bonchev–Trinajstić information content (AvgIpc) is 3.50. The molecule has 5 aromatic rings. The number of rotatable bonds is 3. The third-order valence-corrected chi connectivity index (χ3v) is 6.03. The molecule has 3 aromatic heterocycles. The van der Waals surface area contributed by atoms with Gasteiger partial charge in [0.05, 0.1) is 24.9 Å². The Kier molecular flexibility index (Phi) is 4.47. The molecule has 2 N–H and O–H groups in total. The van der Waals surface area contributed by atoms with Gasteiger partial charge < -0.3 is 14.6 Å². The maximum atomic E-state index is 12.9. The quantitative estimate of drug-likeness (QED) is 0.454. The lowest BCUT2D eigenvalue weighted by atomic mass is 10.0. The number of fused-ring (bicyclic) bond motifs is 2. The van der Waals surface area contributed by atoms with Crippen LogP contribution in [0.2, 0.25) is 0 Å². The molecule has 0 saturated carbocycles. The van der Waals surface area contributed by atoms with Crippen molar-refractivity contribution in [3.05, 3.63) is 72.7 Å². The minimum Gasteiger partial charge on any atom is -0.378 e. The summed E-state index contributed by atoms with van der Waals surface area (Å²) < 4.78 is 5.37. The highest BCUT2D eigenvalue weighted by Crippen LogP contribution is 2.32. The van der Waals surface area contributed by atoms with E-state index in [-0.39, 0.29) is 5.91 Å². The third-order valence-electron chi connectivity index (χ3n) is 6.03.